The number of morpholine rings is 1. The minimum Gasteiger partial charge on any atom is -0.378 e. The average Bonchev–Trinajstić information content (AvgIpc) is 2.38. The summed E-state index contributed by atoms with van der Waals surface area (Å²) in [5.41, 5.74) is 5.37. The molecule has 1 aliphatic rings. The van der Waals surface area contributed by atoms with Crippen LogP contribution >= 0.6 is 0 Å². The van der Waals surface area contributed by atoms with Gasteiger partial charge in [-0.25, -0.2) is 0 Å². The van der Waals surface area contributed by atoms with Crippen LogP contribution in [0.15, 0.2) is 0 Å². The van der Waals surface area contributed by atoms with Crippen molar-refractivity contribution in [2.45, 2.75) is 13.3 Å². The highest BCUT2D eigenvalue weighted by Crippen LogP contribution is 1.99. The Morgan fingerprint density at radius 3 is 2.65 bits per heavy atom. The molecule has 1 unspecified atom stereocenters. The van der Waals surface area contributed by atoms with Gasteiger partial charge in [0, 0.05) is 38.5 Å². The van der Waals surface area contributed by atoms with Gasteiger partial charge < -0.3 is 20.7 Å². The summed E-state index contributed by atoms with van der Waals surface area (Å²) >= 11 is 0. The Bertz CT molecular complexity index is 265. The molecular formula is C11H21N3O3. The number of nitrogens with zero attached hydrogens (tertiary/aromatic N) is 1. The zero-order valence-electron chi connectivity index (χ0n) is 10.3. The normalized spacial score (nSPS) is 17.6. The second-order valence-electron chi connectivity index (χ2n) is 4.17. The summed E-state index contributed by atoms with van der Waals surface area (Å²) in [6, 6.07) is 0. The van der Waals surface area contributed by atoms with Gasteiger partial charge in [-0.3, -0.25) is 9.59 Å². The standard InChI is InChI=1S/C11H21N3O3/c1-9(8-12)11(16)13-3-2-10(15)14-4-6-17-7-5-14/h9H,2-8,12H2,1H3,(H,13,16). The number of carbonyl (C=O) groups excluding carboxylic acids is 2. The molecule has 0 spiro atoms. The van der Waals surface area contributed by atoms with Gasteiger partial charge in [-0.05, 0) is 0 Å². The summed E-state index contributed by atoms with van der Waals surface area (Å²) in [5, 5.41) is 2.71. The zero-order chi connectivity index (χ0) is 12.7. The average molecular weight is 243 g/mol. The first-order chi connectivity index (χ1) is 8.15. The Hall–Kier alpha value is -1.14. The Morgan fingerprint density at radius 1 is 1.41 bits per heavy atom. The van der Waals surface area contributed by atoms with Crippen molar-refractivity contribution in [3.63, 3.8) is 0 Å². The molecule has 0 saturated carbocycles. The van der Waals surface area contributed by atoms with E-state index in [0.717, 1.165) is 0 Å². The molecule has 6 heteroatoms. The second-order valence-corrected chi connectivity index (χ2v) is 4.17. The van der Waals surface area contributed by atoms with Crippen molar-refractivity contribution in [1.82, 2.24) is 10.2 Å². The van der Waals surface area contributed by atoms with Gasteiger partial charge in [0.05, 0.1) is 13.2 Å². The van der Waals surface area contributed by atoms with E-state index in [2.05, 4.69) is 5.32 Å². The molecule has 3 N–H and O–H groups in total. The van der Waals surface area contributed by atoms with Crippen molar-refractivity contribution >= 4 is 11.8 Å². The number of nitrogens with one attached hydrogen (secondary N) is 1. The van der Waals surface area contributed by atoms with Gasteiger partial charge in [-0.2, -0.15) is 0 Å². The maximum atomic E-state index is 11.7. The van der Waals surface area contributed by atoms with E-state index >= 15 is 0 Å². The van der Waals surface area contributed by atoms with E-state index in [1.165, 1.54) is 0 Å². The first-order valence-electron chi connectivity index (χ1n) is 5.98. The number of amides is 2. The molecule has 0 aromatic heterocycles. The molecule has 6 nitrogen and oxygen atoms in total. The highest BCUT2D eigenvalue weighted by atomic mass is 16.5. The fraction of sp³-hybridized carbons (Fsp3) is 0.818. The summed E-state index contributed by atoms with van der Waals surface area (Å²) in [7, 11) is 0. The van der Waals surface area contributed by atoms with Crippen LogP contribution in [0.4, 0.5) is 0 Å². The van der Waals surface area contributed by atoms with Crippen LogP contribution in [0.25, 0.3) is 0 Å². The van der Waals surface area contributed by atoms with Crippen molar-refractivity contribution in [2.24, 2.45) is 11.7 Å². The number of carbonyl (C=O) groups is 2. The maximum absolute atomic E-state index is 11.7. The predicted molar refractivity (Wildman–Crippen MR) is 63.2 cm³/mol. The van der Waals surface area contributed by atoms with Crippen molar-refractivity contribution < 1.29 is 14.3 Å². The van der Waals surface area contributed by atoms with E-state index in [0.29, 0.717) is 45.8 Å². The number of ether oxygens (including phenoxy) is 1. The Labute approximate surface area is 101 Å². The van der Waals surface area contributed by atoms with Gasteiger partial charge in [0.25, 0.3) is 0 Å². The fourth-order valence-electron chi connectivity index (χ4n) is 1.54. The summed E-state index contributed by atoms with van der Waals surface area (Å²) in [6.45, 7) is 4.95. The molecule has 1 aliphatic heterocycles. The second kappa shape index (κ2) is 7.24. The zero-order valence-corrected chi connectivity index (χ0v) is 10.3. The molecule has 0 aromatic rings. The summed E-state index contributed by atoms with van der Waals surface area (Å²) < 4.78 is 5.16. The van der Waals surface area contributed by atoms with Gasteiger partial charge in [0.15, 0.2) is 0 Å². The van der Waals surface area contributed by atoms with Crippen LogP contribution < -0.4 is 11.1 Å². The molecule has 1 saturated heterocycles. The molecule has 98 valence electrons. The van der Waals surface area contributed by atoms with Crippen LogP contribution in [0.5, 0.6) is 0 Å². The topological polar surface area (TPSA) is 84.7 Å². The van der Waals surface area contributed by atoms with E-state index in [-0.39, 0.29) is 17.7 Å². The van der Waals surface area contributed by atoms with E-state index in [1.54, 1.807) is 11.8 Å². The molecule has 2 amide bonds. The van der Waals surface area contributed by atoms with Crippen LogP contribution in [0.1, 0.15) is 13.3 Å². The summed E-state index contributed by atoms with van der Waals surface area (Å²) in [4.78, 5) is 24.9. The first-order valence-corrected chi connectivity index (χ1v) is 5.98. The highest BCUT2D eigenvalue weighted by Gasteiger charge is 2.17. The number of hydrogen-bond donors (Lipinski definition) is 2. The quantitative estimate of drug-likeness (QED) is 0.645. The lowest BCUT2D eigenvalue weighted by molar-refractivity contribution is -0.135. The lowest BCUT2D eigenvalue weighted by atomic mass is 10.1. The van der Waals surface area contributed by atoms with E-state index in [4.69, 9.17) is 10.5 Å². The van der Waals surface area contributed by atoms with Gasteiger partial charge in [-0.15, -0.1) is 0 Å². The van der Waals surface area contributed by atoms with Crippen LogP contribution in [0.3, 0.4) is 0 Å². The predicted octanol–water partition coefficient (Wildman–Crippen LogP) is -1.05. The lowest BCUT2D eigenvalue weighted by Gasteiger charge is -2.26. The van der Waals surface area contributed by atoms with Crippen molar-refractivity contribution in [3.8, 4) is 0 Å². The molecule has 1 atom stereocenters. The van der Waals surface area contributed by atoms with Crippen LogP contribution in [-0.2, 0) is 14.3 Å². The molecule has 0 radical (unpaired) electrons. The summed E-state index contributed by atoms with van der Waals surface area (Å²) in [6.07, 6.45) is 0.336. The van der Waals surface area contributed by atoms with Gasteiger partial charge in [0.2, 0.25) is 11.8 Å². The Balaban J connectivity index is 2.17. The SMILES string of the molecule is CC(CN)C(=O)NCCC(=O)N1CCOCC1. The molecule has 17 heavy (non-hydrogen) atoms. The van der Waals surface area contributed by atoms with Crippen LogP contribution in [0, 0.1) is 5.92 Å². The third kappa shape index (κ3) is 4.70. The van der Waals surface area contributed by atoms with Crippen LogP contribution in [-0.4, -0.2) is 56.1 Å². The lowest BCUT2D eigenvalue weighted by Crippen LogP contribution is -2.42. The third-order valence-corrected chi connectivity index (χ3v) is 2.80. The van der Waals surface area contributed by atoms with E-state index in [1.807, 2.05) is 0 Å². The van der Waals surface area contributed by atoms with Crippen LogP contribution in [0.2, 0.25) is 0 Å². The Kier molecular flexibility index (Phi) is 5.93. The third-order valence-electron chi connectivity index (χ3n) is 2.80. The first kappa shape index (κ1) is 13.9. The Morgan fingerprint density at radius 2 is 2.06 bits per heavy atom. The van der Waals surface area contributed by atoms with E-state index < -0.39 is 0 Å². The molecule has 1 rings (SSSR count). The van der Waals surface area contributed by atoms with Gasteiger partial charge in [-0.1, -0.05) is 6.92 Å². The smallest absolute Gasteiger partial charge is 0.224 e. The molecular weight excluding hydrogens is 222 g/mol. The number of hydrogen-bond acceptors (Lipinski definition) is 4. The monoisotopic (exact) mass is 243 g/mol. The summed E-state index contributed by atoms with van der Waals surface area (Å²) in [5.74, 6) is -0.232. The largest absolute Gasteiger partial charge is 0.378 e. The molecule has 1 fully saturated rings. The fourth-order valence-corrected chi connectivity index (χ4v) is 1.54. The van der Waals surface area contributed by atoms with Crippen molar-refractivity contribution in [1.29, 1.82) is 0 Å². The highest BCUT2D eigenvalue weighted by molar-refractivity contribution is 5.80. The minimum atomic E-state index is -0.200. The van der Waals surface area contributed by atoms with Gasteiger partial charge >= 0.3 is 0 Å². The minimum absolute atomic E-state index is 0.0639. The van der Waals surface area contributed by atoms with E-state index in [9.17, 15) is 9.59 Å². The van der Waals surface area contributed by atoms with Crippen molar-refractivity contribution in [3.05, 3.63) is 0 Å². The number of rotatable bonds is 5. The maximum Gasteiger partial charge on any atom is 0.224 e. The molecule has 1 heterocycles. The molecule has 0 aliphatic carbocycles. The van der Waals surface area contributed by atoms with Gasteiger partial charge in [0.1, 0.15) is 0 Å². The molecule has 0 bridgehead atoms. The molecule has 0 aromatic carbocycles. The van der Waals surface area contributed by atoms with Crippen molar-refractivity contribution in [2.75, 3.05) is 39.4 Å². The number of nitrogens with two attached hydrogens (primary N) is 1.